The number of halogens is 1. The van der Waals surface area contributed by atoms with Gasteiger partial charge in [-0.1, -0.05) is 34.1 Å². The van der Waals surface area contributed by atoms with Crippen LogP contribution in [0.3, 0.4) is 0 Å². The molecule has 110 valence electrons. The zero-order chi connectivity index (χ0) is 13.3. The van der Waals surface area contributed by atoms with Crippen molar-refractivity contribution in [3.63, 3.8) is 0 Å². The number of hydrogen-bond donors (Lipinski definition) is 2. The van der Waals surface area contributed by atoms with Crippen molar-refractivity contribution in [1.29, 1.82) is 0 Å². The molecule has 2 unspecified atom stereocenters. The van der Waals surface area contributed by atoms with E-state index in [9.17, 15) is 4.79 Å². The summed E-state index contributed by atoms with van der Waals surface area (Å²) in [6.45, 7) is 9.26. The number of thioether (sulfide) groups is 1. The van der Waals surface area contributed by atoms with Gasteiger partial charge in [0.1, 0.15) is 0 Å². The van der Waals surface area contributed by atoms with Crippen LogP contribution in [-0.2, 0) is 4.79 Å². The predicted octanol–water partition coefficient (Wildman–Crippen LogP) is 2.68. The van der Waals surface area contributed by atoms with Gasteiger partial charge in [0.25, 0.3) is 0 Å². The summed E-state index contributed by atoms with van der Waals surface area (Å²) in [5.74, 6) is 3.30. The van der Waals surface area contributed by atoms with E-state index in [1.54, 1.807) is 0 Å². The molecule has 0 heterocycles. The number of rotatable bonds is 9. The summed E-state index contributed by atoms with van der Waals surface area (Å²) in [6, 6.07) is -0.358. The smallest absolute Gasteiger partial charge is 0.237 e. The summed E-state index contributed by atoms with van der Waals surface area (Å²) in [7, 11) is 0. The predicted molar refractivity (Wildman–Crippen MR) is 84.5 cm³/mol. The van der Waals surface area contributed by atoms with Crippen molar-refractivity contribution >= 4 is 30.1 Å². The van der Waals surface area contributed by atoms with Crippen LogP contribution in [0, 0.1) is 11.8 Å². The minimum atomic E-state index is -0.358. The SMILES string of the molecule is CCC(C)C(N)C(=O)NCCCSCC(C)C.Cl. The molecule has 0 saturated heterocycles. The second-order valence-corrected chi connectivity index (χ2v) is 6.17. The van der Waals surface area contributed by atoms with Gasteiger partial charge in [0.2, 0.25) is 5.91 Å². The van der Waals surface area contributed by atoms with Crippen molar-refractivity contribution in [2.24, 2.45) is 17.6 Å². The highest BCUT2D eigenvalue weighted by Gasteiger charge is 2.18. The zero-order valence-electron chi connectivity index (χ0n) is 12.1. The Morgan fingerprint density at radius 1 is 1.33 bits per heavy atom. The fourth-order valence-corrected chi connectivity index (χ4v) is 2.32. The molecule has 0 radical (unpaired) electrons. The number of hydrogen-bond acceptors (Lipinski definition) is 3. The molecule has 1 amide bonds. The Kier molecular flexibility index (Phi) is 13.7. The van der Waals surface area contributed by atoms with E-state index < -0.39 is 0 Å². The van der Waals surface area contributed by atoms with Crippen LogP contribution in [-0.4, -0.2) is 30.0 Å². The van der Waals surface area contributed by atoms with Crippen LogP contribution in [0.4, 0.5) is 0 Å². The molecule has 0 fully saturated rings. The summed E-state index contributed by atoms with van der Waals surface area (Å²) >= 11 is 1.95. The van der Waals surface area contributed by atoms with Crippen LogP contribution < -0.4 is 11.1 Å². The van der Waals surface area contributed by atoms with E-state index in [1.807, 2.05) is 18.7 Å². The van der Waals surface area contributed by atoms with Crippen LogP contribution in [0.5, 0.6) is 0 Å². The lowest BCUT2D eigenvalue weighted by Crippen LogP contribution is -2.44. The number of carbonyl (C=O) groups is 1. The summed E-state index contributed by atoms with van der Waals surface area (Å²) in [5.41, 5.74) is 5.83. The summed E-state index contributed by atoms with van der Waals surface area (Å²) in [5, 5.41) is 2.91. The Balaban J connectivity index is 0. The second kappa shape index (κ2) is 12.1. The molecule has 0 aromatic heterocycles. The molecule has 0 aliphatic rings. The molecule has 0 saturated carbocycles. The van der Waals surface area contributed by atoms with Gasteiger partial charge in [0.05, 0.1) is 6.04 Å². The van der Waals surface area contributed by atoms with Crippen molar-refractivity contribution in [1.82, 2.24) is 5.32 Å². The average Bonchev–Trinajstić information content (AvgIpc) is 2.30. The number of nitrogens with two attached hydrogens (primary N) is 1. The van der Waals surface area contributed by atoms with Crippen LogP contribution in [0.1, 0.15) is 40.5 Å². The molecular formula is C13H29ClN2OS. The number of carbonyl (C=O) groups excluding carboxylic acids is 1. The molecule has 3 N–H and O–H groups in total. The fourth-order valence-electron chi connectivity index (χ4n) is 1.34. The van der Waals surface area contributed by atoms with E-state index in [4.69, 9.17) is 5.73 Å². The molecular weight excluding hydrogens is 268 g/mol. The molecule has 0 bridgehead atoms. The van der Waals surface area contributed by atoms with Gasteiger partial charge < -0.3 is 11.1 Å². The third kappa shape index (κ3) is 10.0. The summed E-state index contributed by atoms with van der Waals surface area (Å²) in [6.07, 6.45) is 1.97. The minimum Gasteiger partial charge on any atom is -0.355 e. The Labute approximate surface area is 122 Å². The van der Waals surface area contributed by atoms with E-state index >= 15 is 0 Å². The van der Waals surface area contributed by atoms with E-state index in [0.717, 1.165) is 31.1 Å². The minimum absolute atomic E-state index is 0. The third-order valence-corrected chi connectivity index (χ3v) is 4.26. The van der Waals surface area contributed by atoms with Crippen LogP contribution in [0.25, 0.3) is 0 Å². The Hall–Kier alpha value is 0.0700. The van der Waals surface area contributed by atoms with Gasteiger partial charge in [-0.25, -0.2) is 0 Å². The maximum atomic E-state index is 11.6. The van der Waals surface area contributed by atoms with E-state index in [-0.39, 0.29) is 30.3 Å². The zero-order valence-corrected chi connectivity index (χ0v) is 13.7. The lowest BCUT2D eigenvalue weighted by molar-refractivity contribution is -0.123. The molecule has 3 nitrogen and oxygen atoms in total. The quantitative estimate of drug-likeness (QED) is 0.643. The summed E-state index contributed by atoms with van der Waals surface area (Å²) in [4.78, 5) is 11.6. The molecule has 0 aromatic rings. The standard InChI is InChI=1S/C13H28N2OS.ClH/c1-5-11(4)12(14)13(16)15-7-6-8-17-9-10(2)3;/h10-12H,5-9,14H2,1-4H3,(H,15,16);1H. The molecule has 0 aliphatic carbocycles. The largest absolute Gasteiger partial charge is 0.355 e. The van der Waals surface area contributed by atoms with Gasteiger partial charge in [0.15, 0.2) is 0 Å². The molecule has 18 heavy (non-hydrogen) atoms. The average molecular weight is 297 g/mol. The molecule has 5 heteroatoms. The normalized spacial score (nSPS) is 13.9. The van der Waals surface area contributed by atoms with Crippen molar-refractivity contribution in [3.05, 3.63) is 0 Å². The highest BCUT2D eigenvalue weighted by Crippen LogP contribution is 2.08. The van der Waals surface area contributed by atoms with Gasteiger partial charge in [-0.05, 0) is 29.8 Å². The van der Waals surface area contributed by atoms with Crippen LogP contribution >= 0.6 is 24.2 Å². The Bertz CT molecular complexity index is 215. The highest BCUT2D eigenvalue weighted by atomic mass is 35.5. The van der Waals surface area contributed by atoms with E-state index in [1.165, 1.54) is 5.75 Å². The third-order valence-electron chi connectivity index (χ3n) is 2.78. The first-order valence-corrected chi connectivity index (χ1v) is 7.75. The fraction of sp³-hybridized carbons (Fsp3) is 0.923. The number of nitrogens with one attached hydrogen (secondary N) is 1. The molecule has 0 spiro atoms. The molecule has 2 atom stereocenters. The van der Waals surface area contributed by atoms with E-state index in [2.05, 4.69) is 26.1 Å². The van der Waals surface area contributed by atoms with Gasteiger partial charge >= 0.3 is 0 Å². The first kappa shape index (κ1) is 20.4. The highest BCUT2D eigenvalue weighted by molar-refractivity contribution is 7.99. The lowest BCUT2D eigenvalue weighted by atomic mass is 9.99. The van der Waals surface area contributed by atoms with Gasteiger partial charge in [-0.3, -0.25) is 4.79 Å². The van der Waals surface area contributed by atoms with Crippen molar-refractivity contribution in [2.75, 3.05) is 18.1 Å². The van der Waals surface area contributed by atoms with Crippen LogP contribution in [0.15, 0.2) is 0 Å². The van der Waals surface area contributed by atoms with Gasteiger partial charge in [0, 0.05) is 6.54 Å². The maximum absolute atomic E-state index is 11.6. The number of amides is 1. The summed E-state index contributed by atoms with van der Waals surface area (Å²) < 4.78 is 0. The maximum Gasteiger partial charge on any atom is 0.237 e. The van der Waals surface area contributed by atoms with E-state index in [0.29, 0.717) is 0 Å². The molecule has 0 rings (SSSR count). The van der Waals surface area contributed by atoms with Crippen molar-refractivity contribution in [3.8, 4) is 0 Å². The Morgan fingerprint density at radius 3 is 2.44 bits per heavy atom. The van der Waals surface area contributed by atoms with Gasteiger partial charge in [-0.2, -0.15) is 11.8 Å². The molecule has 0 aromatic carbocycles. The first-order valence-electron chi connectivity index (χ1n) is 6.60. The second-order valence-electron chi connectivity index (χ2n) is 5.02. The monoisotopic (exact) mass is 296 g/mol. The van der Waals surface area contributed by atoms with Crippen molar-refractivity contribution < 1.29 is 4.79 Å². The lowest BCUT2D eigenvalue weighted by Gasteiger charge is -2.17. The first-order chi connectivity index (χ1) is 7.99. The molecule has 0 aliphatic heterocycles. The van der Waals surface area contributed by atoms with Crippen molar-refractivity contribution in [2.45, 2.75) is 46.6 Å². The topological polar surface area (TPSA) is 55.1 Å². The van der Waals surface area contributed by atoms with Crippen LogP contribution in [0.2, 0.25) is 0 Å². The Morgan fingerprint density at radius 2 is 1.94 bits per heavy atom. The van der Waals surface area contributed by atoms with Gasteiger partial charge in [-0.15, -0.1) is 12.4 Å².